The average molecular weight is 389 g/mol. The smallest absolute Gasteiger partial charge is 0.338 e. The number of aryl methyl sites for hydroxylation is 1. The van der Waals surface area contributed by atoms with Gasteiger partial charge in [0.25, 0.3) is 0 Å². The molecule has 0 atom stereocenters. The topological polar surface area (TPSA) is 44.1 Å². The summed E-state index contributed by atoms with van der Waals surface area (Å²) < 4.78 is 7.14. The molecule has 0 unspecified atom stereocenters. The summed E-state index contributed by atoms with van der Waals surface area (Å²) in [6.45, 7) is 4.94. The van der Waals surface area contributed by atoms with Gasteiger partial charge in [-0.3, -0.25) is 0 Å². The summed E-state index contributed by atoms with van der Waals surface area (Å²) in [5, 5.41) is 1.04. The Morgan fingerprint density at radius 1 is 1.12 bits per heavy atom. The third kappa shape index (κ3) is 3.76. The Morgan fingerprint density at radius 3 is 2.62 bits per heavy atom. The van der Waals surface area contributed by atoms with Crippen molar-refractivity contribution in [2.45, 2.75) is 20.4 Å². The van der Waals surface area contributed by atoms with Crippen LogP contribution in [-0.2, 0) is 11.3 Å². The number of carbonyl (C=O) groups is 1. The van der Waals surface area contributed by atoms with Gasteiger partial charge in [0.15, 0.2) is 0 Å². The Balaban J connectivity index is 1.98. The lowest BCUT2D eigenvalue weighted by Gasteiger charge is -2.04. The lowest BCUT2D eigenvalue weighted by atomic mass is 10.2. The van der Waals surface area contributed by atoms with E-state index >= 15 is 0 Å². The molecule has 26 heavy (non-hydrogen) atoms. The molecule has 3 aromatic rings. The van der Waals surface area contributed by atoms with Crippen LogP contribution >= 0.6 is 23.2 Å². The van der Waals surface area contributed by atoms with E-state index in [0.29, 0.717) is 22.2 Å². The first-order chi connectivity index (χ1) is 12.5. The highest BCUT2D eigenvalue weighted by atomic mass is 35.5. The number of imidazole rings is 1. The normalized spacial score (nSPS) is 11.4. The van der Waals surface area contributed by atoms with Crippen LogP contribution in [0.2, 0.25) is 10.0 Å². The zero-order valence-corrected chi connectivity index (χ0v) is 16.0. The van der Waals surface area contributed by atoms with E-state index in [-0.39, 0.29) is 5.97 Å². The molecule has 0 N–H and O–H groups in total. The Hall–Kier alpha value is -2.30. The maximum Gasteiger partial charge on any atom is 0.338 e. The van der Waals surface area contributed by atoms with Crippen molar-refractivity contribution in [1.82, 2.24) is 9.55 Å². The molecule has 6 heteroatoms. The lowest BCUT2D eigenvalue weighted by Crippen LogP contribution is -2.04. The van der Waals surface area contributed by atoms with E-state index in [4.69, 9.17) is 27.9 Å². The number of carbonyl (C=O) groups excluding carboxylic acids is 1. The molecule has 1 heterocycles. The van der Waals surface area contributed by atoms with Crippen LogP contribution in [0.5, 0.6) is 0 Å². The van der Waals surface area contributed by atoms with Gasteiger partial charge in [-0.25, -0.2) is 9.78 Å². The SMILES string of the molecule is CCOC(=O)c1ccc2c(c1)nc(C=Cc1ccc(Cl)c(Cl)c1)n2CC. The maximum absolute atomic E-state index is 11.9. The van der Waals surface area contributed by atoms with E-state index in [2.05, 4.69) is 16.5 Å². The quantitative estimate of drug-likeness (QED) is 0.525. The van der Waals surface area contributed by atoms with Crippen molar-refractivity contribution in [3.63, 3.8) is 0 Å². The van der Waals surface area contributed by atoms with E-state index in [1.165, 1.54) is 0 Å². The summed E-state index contributed by atoms with van der Waals surface area (Å²) in [6.07, 6.45) is 3.86. The second-order valence-corrected chi connectivity index (χ2v) is 6.46. The summed E-state index contributed by atoms with van der Waals surface area (Å²) in [6, 6.07) is 10.9. The molecule has 0 radical (unpaired) electrons. The summed E-state index contributed by atoms with van der Waals surface area (Å²) in [5.41, 5.74) is 3.15. The zero-order chi connectivity index (χ0) is 18.7. The minimum atomic E-state index is -0.339. The van der Waals surface area contributed by atoms with E-state index in [0.717, 1.165) is 29.0 Å². The molecule has 0 bridgehead atoms. The highest BCUT2D eigenvalue weighted by molar-refractivity contribution is 6.42. The van der Waals surface area contributed by atoms with Gasteiger partial charge in [0.2, 0.25) is 0 Å². The van der Waals surface area contributed by atoms with Crippen LogP contribution in [0.15, 0.2) is 36.4 Å². The van der Waals surface area contributed by atoms with Gasteiger partial charge < -0.3 is 9.30 Å². The van der Waals surface area contributed by atoms with E-state index in [1.54, 1.807) is 31.2 Å². The second kappa shape index (κ2) is 7.94. The maximum atomic E-state index is 11.9. The van der Waals surface area contributed by atoms with Crippen LogP contribution in [0.3, 0.4) is 0 Å². The largest absolute Gasteiger partial charge is 0.462 e. The van der Waals surface area contributed by atoms with Crippen molar-refractivity contribution in [3.05, 3.63) is 63.4 Å². The number of halogens is 2. The Kier molecular flexibility index (Phi) is 5.64. The lowest BCUT2D eigenvalue weighted by molar-refractivity contribution is 0.0526. The third-order valence-electron chi connectivity index (χ3n) is 3.97. The zero-order valence-electron chi connectivity index (χ0n) is 14.5. The van der Waals surface area contributed by atoms with Crippen molar-refractivity contribution in [2.24, 2.45) is 0 Å². The van der Waals surface area contributed by atoms with Gasteiger partial charge in [-0.1, -0.05) is 35.3 Å². The van der Waals surface area contributed by atoms with E-state index in [1.807, 2.05) is 24.3 Å². The summed E-state index contributed by atoms with van der Waals surface area (Å²) in [7, 11) is 0. The number of rotatable bonds is 5. The number of hydrogen-bond acceptors (Lipinski definition) is 3. The first-order valence-corrected chi connectivity index (χ1v) is 9.09. The van der Waals surface area contributed by atoms with Crippen LogP contribution < -0.4 is 0 Å². The van der Waals surface area contributed by atoms with Crippen molar-refractivity contribution in [3.8, 4) is 0 Å². The van der Waals surface area contributed by atoms with Crippen molar-refractivity contribution in [2.75, 3.05) is 6.61 Å². The fourth-order valence-corrected chi connectivity index (χ4v) is 3.04. The second-order valence-electron chi connectivity index (χ2n) is 5.65. The predicted octanol–water partition coefficient (Wildman–Crippen LogP) is 5.71. The van der Waals surface area contributed by atoms with E-state index in [9.17, 15) is 4.79 Å². The fourth-order valence-electron chi connectivity index (χ4n) is 2.74. The number of hydrogen-bond donors (Lipinski definition) is 0. The molecular formula is C20H18Cl2N2O2. The highest BCUT2D eigenvalue weighted by Gasteiger charge is 2.12. The van der Waals surface area contributed by atoms with E-state index < -0.39 is 0 Å². The molecule has 2 aromatic carbocycles. The van der Waals surface area contributed by atoms with Crippen LogP contribution in [-0.4, -0.2) is 22.1 Å². The number of esters is 1. The minimum absolute atomic E-state index is 0.339. The van der Waals surface area contributed by atoms with Crippen molar-refractivity contribution >= 4 is 52.4 Å². The van der Waals surface area contributed by atoms with Gasteiger partial charge in [-0.2, -0.15) is 0 Å². The van der Waals surface area contributed by atoms with Crippen LogP contribution in [0.1, 0.15) is 35.6 Å². The Bertz CT molecular complexity index is 993. The number of fused-ring (bicyclic) bond motifs is 1. The Morgan fingerprint density at radius 2 is 1.92 bits per heavy atom. The standard InChI is InChI=1S/C20H18Cl2N2O2/c1-3-24-18-9-7-14(20(25)26-4-2)12-17(18)23-19(24)10-6-13-5-8-15(21)16(22)11-13/h5-12H,3-4H2,1-2H3. The number of nitrogens with zero attached hydrogens (tertiary/aromatic N) is 2. The molecule has 0 saturated carbocycles. The molecule has 0 aliphatic carbocycles. The third-order valence-corrected chi connectivity index (χ3v) is 4.71. The summed E-state index contributed by atoms with van der Waals surface area (Å²) >= 11 is 12.0. The minimum Gasteiger partial charge on any atom is -0.462 e. The Labute approximate surface area is 162 Å². The molecule has 1 aromatic heterocycles. The van der Waals surface area contributed by atoms with Gasteiger partial charge in [0.1, 0.15) is 5.82 Å². The molecule has 0 fully saturated rings. The van der Waals surface area contributed by atoms with Gasteiger partial charge in [0, 0.05) is 6.54 Å². The first-order valence-electron chi connectivity index (χ1n) is 8.34. The van der Waals surface area contributed by atoms with Gasteiger partial charge in [0.05, 0.1) is 33.2 Å². The monoisotopic (exact) mass is 388 g/mol. The first kappa shape index (κ1) is 18.5. The fraction of sp³-hybridized carbons (Fsp3) is 0.200. The molecule has 0 amide bonds. The molecule has 0 aliphatic heterocycles. The predicted molar refractivity (Wildman–Crippen MR) is 107 cm³/mol. The molecule has 0 spiro atoms. The van der Waals surface area contributed by atoms with Crippen LogP contribution in [0, 0.1) is 0 Å². The molecule has 4 nitrogen and oxygen atoms in total. The molecule has 0 aliphatic rings. The van der Waals surface area contributed by atoms with Gasteiger partial charge in [-0.05, 0) is 55.8 Å². The molecule has 3 rings (SSSR count). The molecular weight excluding hydrogens is 371 g/mol. The van der Waals surface area contributed by atoms with Crippen LogP contribution in [0.25, 0.3) is 23.2 Å². The van der Waals surface area contributed by atoms with Gasteiger partial charge >= 0.3 is 5.97 Å². The molecule has 0 saturated heterocycles. The van der Waals surface area contributed by atoms with Gasteiger partial charge in [-0.15, -0.1) is 0 Å². The van der Waals surface area contributed by atoms with Crippen LogP contribution in [0.4, 0.5) is 0 Å². The number of aromatic nitrogens is 2. The summed E-state index contributed by atoms with van der Waals surface area (Å²) in [5.74, 6) is 0.461. The highest BCUT2D eigenvalue weighted by Crippen LogP contribution is 2.24. The summed E-state index contributed by atoms with van der Waals surface area (Å²) in [4.78, 5) is 16.6. The average Bonchev–Trinajstić information content (AvgIpc) is 2.99. The van der Waals surface area contributed by atoms with Crippen molar-refractivity contribution < 1.29 is 9.53 Å². The number of ether oxygens (including phenoxy) is 1. The molecule has 134 valence electrons. The van der Waals surface area contributed by atoms with Crippen molar-refractivity contribution in [1.29, 1.82) is 0 Å². The number of benzene rings is 2.